The van der Waals surface area contributed by atoms with E-state index in [1.54, 1.807) is 25.3 Å². The predicted octanol–water partition coefficient (Wildman–Crippen LogP) is 4.39. The SMILES string of the molecule is COc1ccc(CCC(O)c2cccc(OCC(=O)OC(C)(C)C)c2)cc1C. The molecule has 0 aliphatic carbocycles. The van der Waals surface area contributed by atoms with E-state index in [0.29, 0.717) is 12.2 Å². The molecule has 0 aliphatic heterocycles. The predicted molar refractivity (Wildman–Crippen MR) is 109 cm³/mol. The number of ether oxygens (including phenoxy) is 3. The largest absolute Gasteiger partial charge is 0.496 e. The van der Waals surface area contributed by atoms with Crippen molar-refractivity contribution in [2.45, 2.75) is 52.2 Å². The van der Waals surface area contributed by atoms with E-state index in [-0.39, 0.29) is 6.61 Å². The third-order valence-electron chi connectivity index (χ3n) is 4.19. The van der Waals surface area contributed by atoms with Gasteiger partial charge in [-0.3, -0.25) is 0 Å². The van der Waals surface area contributed by atoms with Gasteiger partial charge in [0.05, 0.1) is 13.2 Å². The van der Waals surface area contributed by atoms with Crippen molar-refractivity contribution < 1.29 is 24.1 Å². The van der Waals surface area contributed by atoms with E-state index in [9.17, 15) is 9.90 Å². The van der Waals surface area contributed by atoms with Crippen LogP contribution in [0.25, 0.3) is 0 Å². The summed E-state index contributed by atoms with van der Waals surface area (Å²) in [6.45, 7) is 7.27. The van der Waals surface area contributed by atoms with Gasteiger partial charge in [0, 0.05) is 0 Å². The van der Waals surface area contributed by atoms with Crippen molar-refractivity contribution in [1.82, 2.24) is 0 Å². The normalized spacial score (nSPS) is 12.4. The van der Waals surface area contributed by atoms with Crippen molar-refractivity contribution in [3.05, 3.63) is 59.2 Å². The highest BCUT2D eigenvalue weighted by Gasteiger charge is 2.17. The quantitative estimate of drug-likeness (QED) is 0.682. The lowest BCUT2D eigenvalue weighted by Crippen LogP contribution is -2.27. The Morgan fingerprint density at radius 2 is 1.89 bits per heavy atom. The molecule has 0 saturated heterocycles. The first-order valence-electron chi connectivity index (χ1n) is 9.44. The highest BCUT2D eigenvalue weighted by molar-refractivity contribution is 5.71. The molecule has 0 amide bonds. The lowest BCUT2D eigenvalue weighted by atomic mass is 10.00. The van der Waals surface area contributed by atoms with Gasteiger partial charge in [0.25, 0.3) is 0 Å². The molecule has 5 heteroatoms. The Labute approximate surface area is 167 Å². The molecular formula is C23H30O5. The molecule has 0 heterocycles. The number of aliphatic hydroxyl groups is 1. The van der Waals surface area contributed by atoms with Crippen LogP contribution in [-0.4, -0.2) is 30.4 Å². The summed E-state index contributed by atoms with van der Waals surface area (Å²) in [7, 11) is 1.66. The van der Waals surface area contributed by atoms with Crippen molar-refractivity contribution in [3.63, 3.8) is 0 Å². The molecule has 0 spiro atoms. The highest BCUT2D eigenvalue weighted by Crippen LogP contribution is 2.25. The molecule has 0 aliphatic rings. The first-order chi connectivity index (χ1) is 13.2. The lowest BCUT2D eigenvalue weighted by Gasteiger charge is -2.19. The summed E-state index contributed by atoms with van der Waals surface area (Å²) >= 11 is 0. The Hall–Kier alpha value is -2.53. The number of carbonyl (C=O) groups excluding carboxylic acids is 1. The molecule has 1 unspecified atom stereocenters. The summed E-state index contributed by atoms with van der Waals surface area (Å²) in [4.78, 5) is 11.8. The van der Waals surface area contributed by atoms with Crippen LogP contribution >= 0.6 is 0 Å². The molecule has 1 atom stereocenters. The fourth-order valence-electron chi connectivity index (χ4n) is 2.89. The zero-order valence-electron chi connectivity index (χ0n) is 17.3. The summed E-state index contributed by atoms with van der Waals surface area (Å²) in [6.07, 6.45) is 0.712. The molecule has 0 fully saturated rings. The monoisotopic (exact) mass is 386 g/mol. The van der Waals surface area contributed by atoms with Gasteiger partial charge in [-0.2, -0.15) is 0 Å². The van der Waals surface area contributed by atoms with E-state index in [4.69, 9.17) is 14.2 Å². The smallest absolute Gasteiger partial charge is 0.344 e. The van der Waals surface area contributed by atoms with E-state index in [1.165, 1.54) is 0 Å². The summed E-state index contributed by atoms with van der Waals surface area (Å²) in [5, 5.41) is 10.5. The first-order valence-corrected chi connectivity index (χ1v) is 9.44. The van der Waals surface area contributed by atoms with E-state index >= 15 is 0 Å². The number of benzene rings is 2. The summed E-state index contributed by atoms with van der Waals surface area (Å²) < 4.78 is 16.0. The topological polar surface area (TPSA) is 65.0 Å². The number of methoxy groups -OCH3 is 1. The molecule has 0 saturated carbocycles. The number of rotatable bonds is 8. The van der Waals surface area contributed by atoms with Crippen molar-refractivity contribution in [1.29, 1.82) is 0 Å². The second-order valence-corrected chi connectivity index (χ2v) is 7.81. The third kappa shape index (κ3) is 6.89. The van der Waals surface area contributed by atoms with Crippen LogP contribution in [0.1, 0.15) is 50.0 Å². The van der Waals surface area contributed by atoms with Crippen LogP contribution in [0.5, 0.6) is 11.5 Å². The van der Waals surface area contributed by atoms with Crippen LogP contribution in [0, 0.1) is 6.92 Å². The van der Waals surface area contributed by atoms with Crippen LogP contribution < -0.4 is 9.47 Å². The van der Waals surface area contributed by atoms with Crippen LogP contribution in [0.2, 0.25) is 0 Å². The Balaban J connectivity index is 1.91. The number of hydrogen-bond donors (Lipinski definition) is 1. The number of hydrogen-bond acceptors (Lipinski definition) is 5. The van der Waals surface area contributed by atoms with Gasteiger partial charge in [0.2, 0.25) is 0 Å². The molecule has 0 bridgehead atoms. The second-order valence-electron chi connectivity index (χ2n) is 7.81. The van der Waals surface area contributed by atoms with Gasteiger partial charge in [0.15, 0.2) is 6.61 Å². The molecule has 28 heavy (non-hydrogen) atoms. The lowest BCUT2D eigenvalue weighted by molar-refractivity contribution is -0.157. The third-order valence-corrected chi connectivity index (χ3v) is 4.19. The van der Waals surface area contributed by atoms with Gasteiger partial charge in [-0.1, -0.05) is 24.3 Å². The molecular weight excluding hydrogens is 356 g/mol. The molecule has 152 valence electrons. The Morgan fingerprint density at radius 1 is 1.14 bits per heavy atom. The van der Waals surface area contributed by atoms with E-state index in [0.717, 1.165) is 28.9 Å². The maximum absolute atomic E-state index is 11.8. The van der Waals surface area contributed by atoms with E-state index in [2.05, 4.69) is 6.07 Å². The average molecular weight is 386 g/mol. The molecule has 2 rings (SSSR count). The van der Waals surface area contributed by atoms with Gasteiger partial charge < -0.3 is 19.3 Å². The fraction of sp³-hybridized carbons (Fsp3) is 0.435. The number of aliphatic hydroxyl groups excluding tert-OH is 1. The van der Waals surface area contributed by atoms with Crippen molar-refractivity contribution in [2.24, 2.45) is 0 Å². The molecule has 1 N–H and O–H groups in total. The van der Waals surface area contributed by atoms with Gasteiger partial charge >= 0.3 is 5.97 Å². The van der Waals surface area contributed by atoms with Gasteiger partial charge in [-0.15, -0.1) is 0 Å². The zero-order chi connectivity index (χ0) is 20.7. The van der Waals surface area contributed by atoms with Crippen molar-refractivity contribution in [3.8, 4) is 11.5 Å². The molecule has 2 aromatic carbocycles. The summed E-state index contributed by atoms with van der Waals surface area (Å²) in [6, 6.07) is 13.2. The van der Waals surface area contributed by atoms with E-state index < -0.39 is 17.7 Å². The summed E-state index contributed by atoms with van der Waals surface area (Å²) in [5.41, 5.74) is 2.44. The van der Waals surface area contributed by atoms with Crippen molar-refractivity contribution in [2.75, 3.05) is 13.7 Å². The first kappa shape index (κ1) is 21.8. The second kappa shape index (κ2) is 9.60. The van der Waals surface area contributed by atoms with Gasteiger partial charge in [-0.05, 0) is 75.4 Å². The highest BCUT2D eigenvalue weighted by atomic mass is 16.6. The molecule has 0 radical (unpaired) electrons. The van der Waals surface area contributed by atoms with Crippen LogP contribution in [0.15, 0.2) is 42.5 Å². The number of carbonyl (C=O) groups is 1. The minimum absolute atomic E-state index is 0.165. The molecule has 0 aromatic heterocycles. The molecule has 5 nitrogen and oxygen atoms in total. The van der Waals surface area contributed by atoms with Gasteiger partial charge in [0.1, 0.15) is 17.1 Å². The Morgan fingerprint density at radius 3 is 2.54 bits per heavy atom. The fourth-order valence-corrected chi connectivity index (χ4v) is 2.89. The van der Waals surface area contributed by atoms with E-state index in [1.807, 2.05) is 45.9 Å². The number of aryl methyl sites for hydroxylation is 2. The minimum atomic E-state index is -0.618. The van der Waals surface area contributed by atoms with Crippen LogP contribution in [-0.2, 0) is 16.0 Å². The standard InChI is InChI=1S/C23H30O5/c1-16-13-17(10-12-21(16)26-5)9-11-20(24)18-7-6-8-19(14-18)27-15-22(25)28-23(2,3)4/h6-8,10,12-14,20,24H,9,11,15H2,1-5H3. The maximum atomic E-state index is 11.8. The van der Waals surface area contributed by atoms with Crippen molar-refractivity contribution >= 4 is 5.97 Å². The molecule has 2 aromatic rings. The number of esters is 1. The average Bonchev–Trinajstić information content (AvgIpc) is 2.63. The Bertz CT molecular complexity index is 792. The maximum Gasteiger partial charge on any atom is 0.344 e. The Kier molecular flexibility index (Phi) is 7.46. The van der Waals surface area contributed by atoms with Crippen LogP contribution in [0.3, 0.4) is 0 Å². The van der Waals surface area contributed by atoms with Gasteiger partial charge in [-0.25, -0.2) is 4.79 Å². The minimum Gasteiger partial charge on any atom is -0.496 e. The summed E-state index contributed by atoms with van der Waals surface area (Å²) in [5.74, 6) is 0.968. The zero-order valence-corrected chi connectivity index (χ0v) is 17.3. The van der Waals surface area contributed by atoms with Crippen LogP contribution in [0.4, 0.5) is 0 Å².